The molecule has 0 aromatic carbocycles. The quantitative estimate of drug-likeness (QED) is 0.828. The number of hydrogen-bond acceptors (Lipinski definition) is 5. The van der Waals surface area contributed by atoms with Crippen LogP contribution in [0.5, 0.6) is 0 Å². The third kappa shape index (κ3) is 3.81. The Hall–Kier alpha value is -1.43. The van der Waals surface area contributed by atoms with Gasteiger partial charge in [-0.3, -0.25) is 4.79 Å². The smallest absolute Gasteiger partial charge is 0.303 e. The lowest BCUT2D eigenvalue weighted by atomic mass is 9.96. The van der Waals surface area contributed by atoms with Crippen molar-refractivity contribution < 1.29 is 19.2 Å². The summed E-state index contributed by atoms with van der Waals surface area (Å²) in [5.41, 5.74) is 0. The number of aromatic nitrogens is 2. The molecule has 1 saturated heterocycles. The summed E-state index contributed by atoms with van der Waals surface area (Å²) >= 11 is 0. The van der Waals surface area contributed by atoms with Crippen LogP contribution < -0.4 is 0 Å². The van der Waals surface area contributed by atoms with Gasteiger partial charge >= 0.3 is 5.97 Å². The molecule has 0 bridgehead atoms. The van der Waals surface area contributed by atoms with E-state index in [1.54, 1.807) is 0 Å². The van der Waals surface area contributed by atoms with Crippen molar-refractivity contribution in [2.45, 2.75) is 32.1 Å². The first kappa shape index (κ1) is 12.0. The van der Waals surface area contributed by atoms with E-state index in [0.717, 1.165) is 32.5 Å². The Bertz CT molecular complexity index is 371. The van der Waals surface area contributed by atoms with Gasteiger partial charge in [0, 0.05) is 26.1 Å². The van der Waals surface area contributed by atoms with Gasteiger partial charge in [-0.2, -0.15) is 4.98 Å². The Morgan fingerprint density at radius 2 is 2.18 bits per heavy atom. The Balaban J connectivity index is 1.82. The van der Waals surface area contributed by atoms with Crippen LogP contribution >= 0.6 is 0 Å². The molecular formula is C11H16N2O4. The summed E-state index contributed by atoms with van der Waals surface area (Å²) in [5, 5.41) is 12.4. The van der Waals surface area contributed by atoms with Gasteiger partial charge in [0.15, 0.2) is 5.82 Å². The lowest BCUT2D eigenvalue weighted by Crippen LogP contribution is -2.18. The summed E-state index contributed by atoms with van der Waals surface area (Å²) in [5.74, 6) is 0.787. The van der Waals surface area contributed by atoms with E-state index in [0.29, 0.717) is 24.1 Å². The zero-order chi connectivity index (χ0) is 12.1. The maximum Gasteiger partial charge on any atom is 0.303 e. The molecular weight excluding hydrogens is 224 g/mol. The van der Waals surface area contributed by atoms with Crippen LogP contribution in [0.15, 0.2) is 4.52 Å². The Morgan fingerprint density at radius 1 is 1.41 bits per heavy atom. The molecule has 1 aliphatic heterocycles. The van der Waals surface area contributed by atoms with Crippen molar-refractivity contribution in [1.82, 2.24) is 10.1 Å². The standard InChI is InChI=1S/C11H16N2O4/c14-11(15)2-1-10-12-9(13-17-10)7-8-3-5-16-6-4-8/h8H,1-7H2,(H,14,15). The molecule has 1 aromatic heterocycles. The Morgan fingerprint density at radius 3 is 2.88 bits per heavy atom. The second-order valence-corrected chi connectivity index (χ2v) is 4.26. The van der Waals surface area contributed by atoms with E-state index in [2.05, 4.69) is 10.1 Å². The average Bonchev–Trinajstić information content (AvgIpc) is 2.75. The maximum absolute atomic E-state index is 10.4. The van der Waals surface area contributed by atoms with Crippen molar-refractivity contribution in [2.75, 3.05) is 13.2 Å². The molecule has 1 aromatic rings. The van der Waals surface area contributed by atoms with Crippen LogP contribution in [0.4, 0.5) is 0 Å². The zero-order valence-electron chi connectivity index (χ0n) is 9.59. The molecule has 6 nitrogen and oxygen atoms in total. The van der Waals surface area contributed by atoms with Crippen LogP contribution in [0, 0.1) is 5.92 Å². The lowest BCUT2D eigenvalue weighted by molar-refractivity contribution is -0.137. The first-order chi connectivity index (χ1) is 8.24. The minimum absolute atomic E-state index is 0.0267. The number of carboxylic acid groups (broad SMARTS) is 1. The normalized spacial score (nSPS) is 17.2. The molecule has 0 aliphatic carbocycles. The van der Waals surface area contributed by atoms with E-state index in [4.69, 9.17) is 14.4 Å². The Labute approximate surface area is 99.0 Å². The molecule has 1 aliphatic rings. The Kier molecular flexibility index (Phi) is 4.08. The maximum atomic E-state index is 10.4. The van der Waals surface area contributed by atoms with E-state index in [1.165, 1.54) is 0 Å². The predicted octanol–water partition coefficient (Wildman–Crippen LogP) is 1.06. The molecule has 94 valence electrons. The van der Waals surface area contributed by atoms with Gasteiger partial charge in [0.2, 0.25) is 5.89 Å². The molecule has 6 heteroatoms. The van der Waals surface area contributed by atoms with Crippen LogP contribution in [0.2, 0.25) is 0 Å². The minimum Gasteiger partial charge on any atom is -0.481 e. The highest BCUT2D eigenvalue weighted by Crippen LogP contribution is 2.18. The highest BCUT2D eigenvalue weighted by molar-refractivity contribution is 5.66. The molecule has 0 atom stereocenters. The first-order valence-corrected chi connectivity index (χ1v) is 5.85. The summed E-state index contributed by atoms with van der Waals surface area (Å²) in [6, 6.07) is 0. The molecule has 1 fully saturated rings. The van der Waals surface area contributed by atoms with Crippen molar-refractivity contribution in [3.8, 4) is 0 Å². The first-order valence-electron chi connectivity index (χ1n) is 5.85. The van der Waals surface area contributed by atoms with Crippen molar-refractivity contribution in [3.63, 3.8) is 0 Å². The van der Waals surface area contributed by atoms with Crippen LogP contribution in [-0.4, -0.2) is 34.4 Å². The van der Waals surface area contributed by atoms with Gasteiger partial charge in [-0.15, -0.1) is 0 Å². The third-order valence-electron chi connectivity index (χ3n) is 2.88. The van der Waals surface area contributed by atoms with Gasteiger partial charge < -0.3 is 14.4 Å². The van der Waals surface area contributed by atoms with E-state index < -0.39 is 5.97 Å². The summed E-state index contributed by atoms with van der Waals surface area (Å²) in [4.78, 5) is 14.6. The van der Waals surface area contributed by atoms with E-state index >= 15 is 0 Å². The molecule has 0 amide bonds. The summed E-state index contributed by atoms with van der Waals surface area (Å²) < 4.78 is 10.3. The highest BCUT2D eigenvalue weighted by Gasteiger charge is 2.17. The number of aryl methyl sites for hydroxylation is 1. The fraction of sp³-hybridized carbons (Fsp3) is 0.727. The number of carboxylic acids is 1. The van der Waals surface area contributed by atoms with Crippen LogP contribution in [0.1, 0.15) is 31.0 Å². The van der Waals surface area contributed by atoms with Gasteiger partial charge in [-0.1, -0.05) is 5.16 Å². The van der Waals surface area contributed by atoms with E-state index in [1.807, 2.05) is 0 Å². The summed E-state index contributed by atoms with van der Waals surface area (Å²) in [6.45, 7) is 1.60. The average molecular weight is 240 g/mol. The molecule has 0 unspecified atom stereocenters. The monoisotopic (exact) mass is 240 g/mol. The molecule has 17 heavy (non-hydrogen) atoms. The van der Waals surface area contributed by atoms with E-state index in [-0.39, 0.29) is 6.42 Å². The van der Waals surface area contributed by atoms with E-state index in [9.17, 15) is 4.79 Å². The molecule has 0 radical (unpaired) electrons. The number of ether oxygens (including phenoxy) is 1. The molecule has 0 saturated carbocycles. The second kappa shape index (κ2) is 5.77. The molecule has 0 spiro atoms. The fourth-order valence-corrected chi connectivity index (χ4v) is 1.90. The topological polar surface area (TPSA) is 85.5 Å². The van der Waals surface area contributed by atoms with Crippen molar-refractivity contribution >= 4 is 5.97 Å². The van der Waals surface area contributed by atoms with Gasteiger partial charge in [0.1, 0.15) is 0 Å². The predicted molar refractivity (Wildman–Crippen MR) is 57.5 cm³/mol. The van der Waals surface area contributed by atoms with Gasteiger partial charge in [0.25, 0.3) is 0 Å². The lowest BCUT2D eigenvalue weighted by Gasteiger charge is -2.20. The molecule has 1 N–H and O–H groups in total. The fourth-order valence-electron chi connectivity index (χ4n) is 1.90. The summed E-state index contributed by atoms with van der Waals surface area (Å²) in [6.07, 6.45) is 3.17. The van der Waals surface area contributed by atoms with Gasteiger partial charge in [-0.05, 0) is 18.8 Å². The third-order valence-corrected chi connectivity index (χ3v) is 2.88. The number of carbonyl (C=O) groups is 1. The largest absolute Gasteiger partial charge is 0.481 e. The number of aliphatic carboxylic acids is 1. The summed E-state index contributed by atoms with van der Waals surface area (Å²) in [7, 11) is 0. The number of nitrogens with zero attached hydrogens (tertiary/aromatic N) is 2. The molecule has 2 heterocycles. The number of hydrogen-bond donors (Lipinski definition) is 1. The van der Waals surface area contributed by atoms with Crippen molar-refractivity contribution in [3.05, 3.63) is 11.7 Å². The van der Waals surface area contributed by atoms with Crippen molar-refractivity contribution in [1.29, 1.82) is 0 Å². The minimum atomic E-state index is -0.853. The van der Waals surface area contributed by atoms with Gasteiger partial charge in [-0.25, -0.2) is 0 Å². The zero-order valence-corrected chi connectivity index (χ0v) is 9.59. The van der Waals surface area contributed by atoms with Crippen LogP contribution in [0.3, 0.4) is 0 Å². The highest BCUT2D eigenvalue weighted by atomic mass is 16.5. The SMILES string of the molecule is O=C(O)CCc1nc(CC2CCOCC2)no1. The second-order valence-electron chi connectivity index (χ2n) is 4.26. The van der Waals surface area contributed by atoms with Gasteiger partial charge in [0.05, 0.1) is 6.42 Å². The van der Waals surface area contributed by atoms with Crippen LogP contribution in [-0.2, 0) is 22.4 Å². The number of rotatable bonds is 5. The van der Waals surface area contributed by atoms with Crippen molar-refractivity contribution in [2.24, 2.45) is 5.92 Å². The molecule has 2 rings (SSSR count). The van der Waals surface area contributed by atoms with Crippen LogP contribution in [0.25, 0.3) is 0 Å².